The van der Waals surface area contributed by atoms with Gasteiger partial charge in [-0.05, 0) is 38.5 Å². The zero-order chi connectivity index (χ0) is 21.5. The van der Waals surface area contributed by atoms with Crippen molar-refractivity contribution in [3.8, 4) is 5.75 Å². The topological polar surface area (TPSA) is 80.5 Å². The van der Waals surface area contributed by atoms with E-state index in [1.807, 2.05) is 42.8 Å². The number of aryl methyl sites for hydroxylation is 2. The maximum absolute atomic E-state index is 12.1. The number of hydrogen-bond acceptors (Lipinski definition) is 5. The predicted octanol–water partition coefficient (Wildman–Crippen LogP) is 3.43. The summed E-state index contributed by atoms with van der Waals surface area (Å²) < 4.78 is 7.21. The Morgan fingerprint density at radius 1 is 1.13 bits per heavy atom. The normalized spacial score (nSPS) is 10.9. The summed E-state index contributed by atoms with van der Waals surface area (Å²) in [6.45, 7) is 6.78. The van der Waals surface area contributed by atoms with Crippen LogP contribution in [0.15, 0.2) is 53.6 Å². The van der Waals surface area contributed by atoms with Gasteiger partial charge in [0.2, 0.25) is 0 Å². The summed E-state index contributed by atoms with van der Waals surface area (Å²) >= 11 is 0. The van der Waals surface area contributed by atoms with Gasteiger partial charge in [0.05, 0.1) is 37.8 Å². The van der Waals surface area contributed by atoms with E-state index in [1.165, 1.54) is 11.1 Å². The van der Waals surface area contributed by atoms with Gasteiger partial charge in [-0.1, -0.05) is 42.0 Å². The molecule has 0 saturated carbocycles. The SMILES string of the molecule is COc1ccccc1NCC(=O)N/N=C\c1c(C)nn(Cc2ccc(C)cc2)c1C. The molecular weight excluding hydrogens is 378 g/mol. The molecule has 3 aromatic rings. The maximum atomic E-state index is 12.1. The minimum atomic E-state index is -0.250. The quantitative estimate of drug-likeness (QED) is 0.444. The van der Waals surface area contributed by atoms with Crippen LogP contribution < -0.4 is 15.5 Å². The summed E-state index contributed by atoms with van der Waals surface area (Å²) in [6, 6.07) is 15.8. The number of carbonyl (C=O) groups excluding carboxylic acids is 1. The molecule has 0 saturated heterocycles. The van der Waals surface area contributed by atoms with Gasteiger partial charge in [0.15, 0.2) is 0 Å². The van der Waals surface area contributed by atoms with E-state index in [4.69, 9.17) is 4.74 Å². The second-order valence-electron chi connectivity index (χ2n) is 7.07. The average Bonchev–Trinajstić information content (AvgIpc) is 3.01. The van der Waals surface area contributed by atoms with Crippen molar-refractivity contribution in [3.63, 3.8) is 0 Å². The number of hydrogen-bond donors (Lipinski definition) is 2. The Morgan fingerprint density at radius 2 is 1.87 bits per heavy atom. The van der Waals surface area contributed by atoms with Gasteiger partial charge >= 0.3 is 0 Å². The minimum Gasteiger partial charge on any atom is -0.495 e. The smallest absolute Gasteiger partial charge is 0.259 e. The summed E-state index contributed by atoms with van der Waals surface area (Å²) in [7, 11) is 1.59. The van der Waals surface area contributed by atoms with Crippen LogP contribution in [0.4, 0.5) is 5.69 Å². The van der Waals surface area contributed by atoms with Crippen LogP contribution in [0.25, 0.3) is 0 Å². The van der Waals surface area contributed by atoms with Gasteiger partial charge in [-0.3, -0.25) is 9.48 Å². The van der Waals surface area contributed by atoms with Gasteiger partial charge in [0.25, 0.3) is 5.91 Å². The summed E-state index contributed by atoms with van der Waals surface area (Å²) in [6.07, 6.45) is 1.64. The van der Waals surface area contributed by atoms with Crippen LogP contribution >= 0.6 is 0 Å². The van der Waals surface area contributed by atoms with Gasteiger partial charge in [-0.25, -0.2) is 5.43 Å². The summed E-state index contributed by atoms with van der Waals surface area (Å²) in [5.74, 6) is 0.431. The lowest BCUT2D eigenvalue weighted by Crippen LogP contribution is -2.26. The fourth-order valence-corrected chi connectivity index (χ4v) is 3.09. The number of benzene rings is 2. The highest BCUT2D eigenvalue weighted by Gasteiger charge is 2.10. The average molecular weight is 406 g/mol. The number of nitrogens with one attached hydrogen (secondary N) is 2. The van der Waals surface area contributed by atoms with E-state index in [9.17, 15) is 4.79 Å². The Morgan fingerprint density at radius 3 is 2.60 bits per heavy atom. The molecule has 2 aromatic carbocycles. The van der Waals surface area contributed by atoms with Crippen LogP contribution in [-0.4, -0.2) is 35.6 Å². The summed E-state index contributed by atoms with van der Waals surface area (Å²) in [5, 5.41) is 11.8. The molecule has 0 atom stereocenters. The highest BCUT2D eigenvalue weighted by Crippen LogP contribution is 2.22. The highest BCUT2D eigenvalue weighted by atomic mass is 16.5. The molecule has 0 unspecified atom stereocenters. The lowest BCUT2D eigenvalue weighted by molar-refractivity contribution is -0.119. The highest BCUT2D eigenvalue weighted by molar-refractivity contribution is 5.86. The molecule has 1 aromatic heterocycles. The predicted molar refractivity (Wildman–Crippen MR) is 119 cm³/mol. The number of ether oxygens (including phenoxy) is 1. The van der Waals surface area contributed by atoms with E-state index in [1.54, 1.807) is 13.3 Å². The van der Waals surface area contributed by atoms with Gasteiger partial charge < -0.3 is 10.1 Å². The van der Waals surface area contributed by atoms with Gasteiger partial charge in [-0.2, -0.15) is 10.2 Å². The van der Waals surface area contributed by atoms with E-state index in [2.05, 4.69) is 52.1 Å². The maximum Gasteiger partial charge on any atom is 0.259 e. The van der Waals surface area contributed by atoms with E-state index >= 15 is 0 Å². The van der Waals surface area contributed by atoms with Gasteiger partial charge in [0, 0.05) is 11.3 Å². The molecule has 2 N–H and O–H groups in total. The number of carbonyl (C=O) groups is 1. The first-order chi connectivity index (χ1) is 14.5. The monoisotopic (exact) mass is 405 g/mol. The fraction of sp³-hybridized carbons (Fsp3) is 0.261. The van der Waals surface area contributed by atoms with Gasteiger partial charge in [0.1, 0.15) is 5.75 Å². The molecule has 0 aliphatic rings. The zero-order valence-corrected chi connectivity index (χ0v) is 17.8. The Bertz CT molecular complexity index is 1040. The molecular formula is C23H27N5O2. The van der Waals surface area contributed by atoms with Crippen molar-refractivity contribution in [1.29, 1.82) is 0 Å². The summed E-state index contributed by atoms with van der Waals surface area (Å²) in [4.78, 5) is 12.1. The number of anilines is 1. The molecule has 156 valence electrons. The van der Waals surface area contributed by atoms with Crippen molar-refractivity contribution in [2.45, 2.75) is 27.3 Å². The molecule has 1 heterocycles. The Hall–Kier alpha value is -3.61. The number of amides is 1. The van der Waals surface area contributed by atoms with Crippen molar-refractivity contribution in [2.75, 3.05) is 19.0 Å². The van der Waals surface area contributed by atoms with Crippen molar-refractivity contribution >= 4 is 17.8 Å². The summed E-state index contributed by atoms with van der Waals surface area (Å²) in [5.41, 5.74) is 8.49. The van der Waals surface area contributed by atoms with Crippen LogP contribution in [0.2, 0.25) is 0 Å². The van der Waals surface area contributed by atoms with Gasteiger partial charge in [-0.15, -0.1) is 0 Å². The van der Waals surface area contributed by atoms with E-state index in [-0.39, 0.29) is 12.5 Å². The number of rotatable bonds is 8. The molecule has 3 rings (SSSR count). The van der Waals surface area contributed by atoms with Crippen molar-refractivity contribution < 1.29 is 9.53 Å². The van der Waals surface area contributed by atoms with Crippen LogP contribution in [0.3, 0.4) is 0 Å². The standard InChI is InChI=1S/C23H27N5O2/c1-16-9-11-19(12-10-16)15-28-18(3)20(17(2)27-28)13-25-26-23(29)14-24-21-7-5-6-8-22(21)30-4/h5-13,24H,14-15H2,1-4H3,(H,26,29)/b25-13-. The van der Waals surface area contributed by atoms with E-state index in [0.29, 0.717) is 12.3 Å². The van der Waals surface area contributed by atoms with Crippen molar-refractivity contribution in [2.24, 2.45) is 5.10 Å². The van der Waals surface area contributed by atoms with E-state index < -0.39 is 0 Å². The molecule has 7 heteroatoms. The zero-order valence-electron chi connectivity index (χ0n) is 17.8. The molecule has 7 nitrogen and oxygen atoms in total. The van der Waals surface area contributed by atoms with Crippen LogP contribution in [0.5, 0.6) is 5.75 Å². The molecule has 0 fully saturated rings. The van der Waals surface area contributed by atoms with Crippen LogP contribution in [0.1, 0.15) is 28.1 Å². The first-order valence-corrected chi connectivity index (χ1v) is 9.76. The molecule has 1 amide bonds. The Labute approximate surface area is 176 Å². The lowest BCUT2D eigenvalue weighted by Gasteiger charge is -2.09. The third-order valence-electron chi connectivity index (χ3n) is 4.82. The van der Waals surface area contributed by atoms with Crippen LogP contribution in [0, 0.1) is 20.8 Å². The fourth-order valence-electron chi connectivity index (χ4n) is 3.09. The third kappa shape index (κ3) is 5.26. The second kappa shape index (κ2) is 9.73. The number of para-hydroxylation sites is 2. The number of methoxy groups -OCH3 is 1. The second-order valence-corrected chi connectivity index (χ2v) is 7.07. The third-order valence-corrected chi connectivity index (χ3v) is 4.82. The minimum absolute atomic E-state index is 0.0857. The molecule has 0 radical (unpaired) electrons. The molecule has 0 bridgehead atoms. The lowest BCUT2D eigenvalue weighted by atomic mass is 10.1. The molecule has 30 heavy (non-hydrogen) atoms. The molecule has 0 aliphatic heterocycles. The number of nitrogens with zero attached hydrogens (tertiary/aromatic N) is 3. The van der Waals surface area contributed by atoms with Crippen molar-refractivity contribution in [1.82, 2.24) is 15.2 Å². The van der Waals surface area contributed by atoms with Crippen LogP contribution in [-0.2, 0) is 11.3 Å². The first-order valence-electron chi connectivity index (χ1n) is 9.76. The molecule has 0 aliphatic carbocycles. The van der Waals surface area contributed by atoms with Crippen molar-refractivity contribution in [3.05, 3.63) is 76.6 Å². The van der Waals surface area contributed by atoms with E-state index in [0.717, 1.165) is 22.6 Å². The largest absolute Gasteiger partial charge is 0.495 e. The first kappa shape index (κ1) is 21.1. The Kier molecular flexibility index (Phi) is 6.85. The number of hydrazone groups is 1. The Balaban J connectivity index is 1.58. The molecule has 0 spiro atoms. The number of aromatic nitrogens is 2.